The second-order valence-corrected chi connectivity index (χ2v) is 5.38. The second kappa shape index (κ2) is 7.83. The summed E-state index contributed by atoms with van der Waals surface area (Å²) >= 11 is 0.589. The van der Waals surface area contributed by atoms with Crippen LogP contribution in [-0.4, -0.2) is 41.5 Å². The number of nitrogens with zero attached hydrogens (tertiary/aromatic N) is 1. The molecule has 0 saturated carbocycles. The van der Waals surface area contributed by atoms with Gasteiger partial charge in [0, 0.05) is 6.54 Å². The van der Waals surface area contributed by atoms with Crippen LogP contribution in [0.1, 0.15) is 19.3 Å². The summed E-state index contributed by atoms with van der Waals surface area (Å²) in [5, 5.41) is -1.48. The van der Waals surface area contributed by atoms with Gasteiger partial charge >= 0.3 is 6.18 Å². The van der Waals surface area contributed by atoms with Gasteiger partial charge < -0.3 is 16.4 Å². The van der Waals surface area contributed by atoms with E-state index in [9.17, 15) is 13.2 Å². The number of nitrogens with two attached hydrogens (primary N) is 2. The maximum absolute atomic E-state index is 12.7. The largest absolute Gasteiger partial charge is 0.401 e. The topological polar surface area (TPSA) is 55.3 Å². The van der Waals surface area contributed by atoms with Crippen LogP contribution >= 0.6 is 28.7 Å². The van der Waals surface area contributed by atoms with E-state index in [4.69, 9.17) is 11.5 Å². The van der Waals surface area contributed by atoms with Gasteiger partial charge in [-0.25, -0.2) is 0 Å². The number of rotatable bonds is 4. The molecule has 17 heavy (non-hydrogen) atoms. The number of hydrogen-bond acceptors (Lipinski definition) is 4. The number of halogens is 4. The molecule has 0 amide bonds. The van der Waals surface area contributed by atoms with Crippen LogP contribution < -0.4 is 11.5 Å². The molecule has 1 rings (SSSR count). The highest BCUT2D eigenvalue weighted by Gasteiger charge is 2.41. The van der Waals surface area contributed by atoms with Crippen molar-refractivity contribution in [2.45, 2.75) is 36.2 Å². The summed E-state index contributed by atoms with van der Waals surface area (Å²) in [6.45, 7) is 1.49. The fraction of sp³-hybridized carbons (Fsp3) is 1.00. The Labute approximate surface area is 114 Å². The molecule has 0 radical (unpaired) electrons. The van der Waals surface area contributed by atoms with Gasteiger partial charge in [0.2, 0.25) is 0 Å². The lowest BCUT2D eigenvalue weighted by molar-refractivity contribution is -0.132. The van der Waals surface area contributed by atoms with E-state index in [1.165, 1.54) is 0 Å². The quantitative estimate of drug-likeness (QED) is 0.769. The zero-order valence-corrected chi connectivity index (χ0v) is 12.0. The van der Waals surface area contributed by atoms with Gasteiger partial charge in [0.15, 0.2) is 0 Å². The predicted molar refractivity (Wildman–Crippen MR) is 70.2 cm³/mol. The van der Waals surface area contributed by atoms with Gasteiger partial charge in [-0.3, -0.25) is 0 Å². The number of likely N-dealkylation sites (tertiary alicyclic amines) is 1. The summed E-state index contributed by atoms with van der Waals surface area (Å²) in [5.41, 5.74) is 9.46. The van der Waals surface area contributed by atoms with Crippen molar-refractivity contribution in [1.29, 1.82) is 0 Å². The molecule has 1 heterocycles. The Hall–Kier alpha value is 0.500. The highest BCUT2D eigenvalue weighted by molar-refractivity contribution is 8.93. The minimum atomic E-state index is -4.24. The van der Waals surface area contributed by atoms with Crippen LogP contribution in [0.15, 0.2) is 0 Å². The van der Waals surface area contributed by atoms with Crippen molar-refractivity contribution in [3.63, 3.8) is 0 Å². The first-order chi connectivity index (χ1) is 7.39. The van der Waals surface area contributed by atoms with Crippen molar-refractivity contribution in [3.8, 4) is 0 Å². The van der Waals surface area contributed by atoms with Crippen LogP contribution in [0, 0.1) is 0 Å². The van der Waals surface area contributed by atoms with Gasteiger partial charge in [-0.05, 0) is 25.9 Å². The third-order valence-electron chi connectivity index (χ3n) is 2.56. The van der Waals surface area contributed by atoms with Crippen molar-refractivity contribution in [3.05, 3.63) is 0 Å². The van der Waals surface area contributed by atoms with Crippen molar-refractivity contribution >= 4 is 28.7 Å². The molecule has 3 nitrogen and oxygen atoms in total. The van der Waals surface area contributed by atoms with Gasteiger partial charge in [-0.1, -0.05) is 6.42 Å². The Kier molecular flexibility index (Phi) is 8.06. The lowest BCUT2D eigenvalue weighted by Crippen LogP contribution is -2.44. The standard InChI is InChI=1S/C9H18F3N3S.BrH/c10-9(11,12)7(16-8(13)14)6-15-4-2-1-3-5-15;/h7-8H,1-6,13-14H2;1H. The van der Waals surface area contributed by atoms with E-state index in [1.807, 2.05) is 4.90 Å². The molecule has 1 unspecified atom stereocenters. The number of hydrogen-bond donors (Lipinski definition) is 2. The maximum Gasteiger partial charge on any atom is 0.401 e. The van der Waals surface area contributed by atoms with Crippen molar-refractivity contribution in [2.24, 2.45) is 11.5 Å². The SMILES string of the molecule is Br.NC(N)SC(CN1CCCCC1)C(F)(F)F. The molecule has 1 aliphatic rings. The third kappa shape index (κ3) is 6.85. The van der Waals surface area contributed by atoms with E-state index in [1.54, 1.807) is 0 Å². The zero-order valence-electron chi connectivity index (χ0n) is 9.45. The molecule has 0 bridgehead atoms. The molecule has 104 valence electrons. The van der Waals surface area contributed by atoms with Crippen molar-refractivity contribution < 1.29 is 13.2 Å². The molecular weight excluding hydrogens is 319 g/mol. The maximum atomic E-state index is 12.7. The fourth-order valence-corrected chi connectivity index (χ4v) is 2.62. The smallest absolute Gasteiger partial charge is 0.307 e. The Bertz CT molecular complexity index is 210. The van der Waals surface area contributed by atoms with E-state index in [0.717, 1.165) is 32.4 Å². The predicted octanol–water partition coefficient (Wildman–Crippen LogP) is 1.92. The lowest BCUT2D eigenvalue weighted by atomic mass is 10.1. The van der Waals surface area contributed by atoms with Crippen molar-refractivity contribution in [1.82, 2.24) is 4.90 Å². The Morgan fingerprint density at radius 3 is 2.06 bits per heavy atom. The van der Waals surface area contributed by atoms with Gasteiger partial charge in [0.25, 0.3) is 0 Å². The second-order valence-electron chi connectivity index (χ2n) is 3.99. The van der Waals surface area contributed by atoms with Gasteiger partial charge in [0.05, 0.1) is 0 Å². The number of alkyl halides is 3. The zero-order chi connectivity index (χ0) is 12.2. The summed E-state index contributed by atoms with van der Waals surface area (Å²) in [6, 6.07) is 0. The molecule has 8 heteroatoms. The molecule has 0 aromatic heterocycles. The molecule has 0 aliphatic carbocycles. The Balaban J connectivity index is 0.00000256. The average molecular weight is 338 g/mol. The van der Waals surface area contributed by atoms with Crippen LogP contribution in [0.5, 0.6) is 0 Å². The molecule has 1 saturated heterocycles. The summed E-state index contributed by atoms with van der Waals surface area (Å²) in [4.78, 5) is 1.84. The average Bonchev–Trinajstić information content (AvgIpc) is 2.16. The molecule has 1 aliphatic heterocycles. The summed E-state index contributed by atoms with van der Waals surface area (Å²) < 4.78 is 38.0. The van der Waals surface area contributed by atoms with Crippen LogP contribution in [0.4, 0.5) is 13.2 Å². The summed E-state index contributed by atoms with van der Waals surface area (Å²) in [5.74, 6) is 0. The molecule has 0 spiro atoms. The van der Waals surface area contributed by atoms with Crippen LogP contribution in [0.25, 0.3) is 0 Å². The monoisotopic (exact) mass is 337 g/mol. The third-order valence-corrected chi connectivity index (χ3v) is 3.62. The summed E-state index contributed by atoms with van der Waals surface area (Å²) in [6.07, 6.45) is -1.18. The highest BCUT2D eigenvalue weighted by atomic mass is 79.9. The number of piperidine rings is 1. The van der Waals surface area contributed by atoms with Gasteiger partial charge in [-0.2, -0.15) is 13.2 Å². The molecular formula is C9H19BrF3N3S. The first-order valence-corrected chi connectivity index (χ1v) is 6.29. The van der Waals surface area contributed by atoms with Crippen LogP contribution in [0.3, 0.4) is 0 Å². The van der Waals surface area contributed by atoms with E-state index in [0.29, 0.717) is 11.8 Å². The van der Waals surface area contributed by atoms with E-state index < -0.39 is 16.9 Å². The first kappa shape index (κ1) is 17.5. The van der Waals surface area contributed by atoms with E-state index in [-0.39, 0.29) is 23.5 Å². The first-order valence-electron chi connectivity index (χ1n) is 5.35. The molecule has 1 atom stereocenters. The molecule has 4 N–H and O–H groups in total. The van der Waals surface area contributed by atoms with E-state index >= 15 is 0 Å². The Morgan fingerprint density at radius 2 is 1.65 bits per heavy atom. The fourth-order valence-electron chi connectivity index (χ4n) is 1.79. The van der Waals surface area contributed by atoms with Crippen LogP contribution in [-0.2, 0) is 0 Å². The van der Waals surface area contributed by atoms with Gasteiger partial charge in [0.1, 0.15) is 10.7 Å². The molecule has 0 aromatic rings. The molecule has 1 fully saturated rings. The lowest BCUT2D eigenvalue weighted by Gasteiger charge is -2.31. The van der Waals surface area contributed by atoms with Gasteiger partial charge in [-0.15, -0.1) is 28.7 Å². The highest BCUT2D eigenvalue weighted by Crippen LogP contribution is 2.32. The summed E-state index contributed by atoms with van der Waals surface area (Å²) in [7, 11) is 0. The van der Waals surface area contributed by atoms with Crippen molar-refractivity contribution in [2.75, 3.05) is 19.6 Å². The van der Waals surface area contributed by atoms with Crippen LogP contribution in [0.2, 0.25) is 0 Å². The normalized spacial score (nSPS) is 20.1. The minimum Gasteiger partial charge on any atom is -0.307 e. The van der Waals surface area contributed by atoms with E-state index in [2.05, 4.69) is 0 Å². The molecule has 0 aromatic carbocycles. The minimum absolute atomic E-state index is 0. The number of thioether (sulfide) groups is 1. The Morgan fingerprint density at radius 1 is 1.12 bits per heavy atom.